The van der Waals surface area contributed by atoms with Gasteiger partial charge in [0.15, 0.2) is 0 Å². The molecule has 0 radical (unpaired) electrons. The van der Waals surface area contributed by atoms with E-state index < -0.39 is 5.60 Å². The topological polar surface area (TPSA) is 36.4 Å². The van der Waals surface area contributed by atoms with Gasteiger partial charge in [-0.1, -0.05) is 36.5 Å². The Balaban J connectivity index is 1.75. The van der Waals surface area contributed by atoms with Gasteiger partial charge < -0.3 is 5.11 Å². The first-order valence-electron chi connectivity index (χ1n) is 7.76. The predicted octanol–water partition coefficient (Wildman–Crippen LogP) is 3.76. The highest BCUT2D eigenvalue weighted by Gasteiger charge is 2.47. The molecule has 3 nitrogen and oxygen atoms in total. The van der Waals surface area contributed by atoms with Gasteiger partial charge >= 0.3 is 0 Å². The average Bonchev–Trinajstić information content (AvgIpc) is 2.88. The fourth-order valence-corrected chi connectivity index (χ4v) is 4.58. The number of hydrogen-bond donors (Lipinski definition) is 1. The van der Waals surface area contributed by atoms with Crippen LogP contribution in [-0.4, -0.2) is 33.7 Å². The van der Waals surface area contributed by atoms with Crippen LogP contribution in [0.4, 0.5) is 0 Å². The maximum atomic E-state index is 10.9. The molecule has 2 aliphatic rings. The summed E-state index contributed by atoms with van der Waals surface area (Å²) in [7, 11) is 0. The van der Waals surface area contributed by atoms with E-state index in [0.717, 1.165) is 44.5 Å². The van der Waals surface area contributed by atoms with E-state index >= 15 is 0 Å². The van der Waals surface area contributed by atoms with Crippen molar-refractivity contribution >= 4 is 23.2 Å². The van der Waals surface area contributed by atoms with Gasteiger partial charge in [0.2, 0.25) is 0 Å². The molecule has 0 amide bonds. The summed E-state index contributed by atoms with van der Waals surface area (Å²) in [6, 6.07) is 0. The zero-order valence-electron chi connectivity index (χ0n) is 12.4. The molecule has 0 aromatic carbocycles. The Morgan fingerprint density at radius 2 is 2.05 bits per heavy atom. The first-order chi connectivity index (χ1) is 10.0. The monoisotopic (exact) mass is 328 g/mol. The summed E-state index contributed by atoms with van der Waals surface area (Å²) in [6.07, 6.45) is 7.44. The Morgan fingerprint density at radius 1 is 1.33 bits per heavy atom. The van der Waals surface area contributed by atoms with Crippen LogP contribution in [0.2, 0.25) is 10.0 Å². The van der Waals surface area contributed by atoms with Crippen LogP contribution < -0.4 is 0 Å². The summed E-state index contributed by atoms with van der Waals surface area (Å²) in [6.45, 7) is 4.81. The molecule has 3 rings (SSSR count). The van der Waals surface area contributed by atoms with E-state index in [1.807, 2.05) is 0 Å². The quantitative estimate of drug-likeness (QED) is 0.917. The number of hydrogen-bond acceptors (Lipinski definition) is 3. The molecule has 1 saturated heterocycles. The van der Waals surface area contributed by atoms with Gasteiger partial charge in [-0.25, -0.2) is 0 Å². The second-order valence-corrected chi connectivity index (χ2v) is 7.31. The third-order valence-electron chi connectivity index (χ3n) is 5.34. The van der Waals surface area contributed by atoms with Crippen LogP contribution >= 0.6 is 23.2 Å². The van der Waals surface area contributed by atoms with Crippen LogP contribution in [0, 0.1) is 11.8 Å². The number of likely N-dealkylation sites (tertiary alicyclic amines) is 1. The molecule has 1 aromatic heterocycles. The van der Waals surface area contributed by atoms with Gasteiger partial charge in [0, 0.05) is 43.5 Å². The minimum absolute atomic E-state index is 0.385. The van der Waals surface area contributed by atoms with Crippen molar-refractivity contribution in [1.29, 1.82) is 0 Å². The van der Waals surface area contributed by atoms with Crippen LogP contribution in [-0.2, 0) is 6.54 Å². The minimum Gasteiger partial charge on any atom is -0.390 e. The molecule has 1 aliphatic heterocycles. The molecular formula is C16H22Cl2N2O. The number of nitrogens with zero attached hydrogens (tertiary/aromatic N) is 2. The van der Waals surface area contributed by atoms with Crippen LogP contribution in [0.5, 0.6) is 0 Å². The molecule has 1 aromatic rings. The van der Waals surface area contributed by atoms with Crippen molar-refractivity contribution in [2.24, 2.45) is 11.8 Å². The van der Waals surface area contributed by atoms with Crippen molar-refractivity contribution in [3.8, 4) is 0 Å². The van der Waals surface area contributed by atoms with Gasteiger partial charge in [0.25, 0.3) is 0 Å². The third kappa shape index (κ3) is 2.94. The highest BCUT2D eigenvalue weighted by molar-refractivity contribution is 6.35. The molecular weight excluding hydrogens is 307 g/mol. The highest BCUT2D eigenvalue weighted by atomic mass is 35.5. The second-order valence-electron chi connectivity index (χ2n) is 6.49. The zero-order chi connectivity index (χ0) is 15.0. The molecule has 1 aliphatic carbocycles. The summed E-state index contributed by atoms with van der Waals surface area (Å²) in [4.78, 5) is 6.39. The maximum Gasteiger partial charge on any atom is 0.0688 e. The van der Waals surface area contributed by atoms with Crippen LogP contribution in [0.3, 0.4) is 0 Å². The van der Waals surface area contributed by atoms with Gasteiger partial charge in [0.05, 0.1) is 15.6 Å². The van der Waals surface area contributed by atoms with Gasteiger partial charge in [-0.15, -0.1) is 0 Å². The van der Waals surface area contributed by atoms with Crippen LogP contribution in [0.25, 0.3) is 0 Å². The first-order valence-corrected chi connectivity index (χ1v) is 8.51. The Bertz CT molecular complexity index is 505. The first kappa shape index (κ1) is 15.5. The Labute approximate surface area is 136 Å². The molecule has 1 saturated carbocycles. The molecule has 5 heteroatoms. The lowest BCUT2D eigenvalue weighted by molar-refractivity contribution is -0.0613. The predicted molar refractivity (Wildman–Crippen MR) is 85.6 cm³/mol. The lowest BCUT2D eigenvalue weighted by Crippen LogP contribution is -2.44. The van der Waals surface area contributed by atoms with Crippen molar-refractivity contribution in [3.63, 3.8) is 0 Å². The average molecular weight is 329 g/mol. The highest BCUT2D eigenvalue weighted by Crippen LogP contribution is 2.44. The molecule has 0 unspecified atom stereocenters. The van der Waals surface area contributed by atoms with Crippen molar-refractivity contribution in [2.45, 2.75) is 44.8 Å². The lowest BCUT2D eigenvalue weighted by Gasteiger charge is -2.40. The van der Waals surface area contributed by atoms with E-state index in [1.165, 1.54) is 6.42 Å². The molecule has 116 valence electrons. The minimum atomic E-state index is -0.483. The van der Waals surface area contributed by atoms with Gasteiger partial charge in [0.1, 0.15) is 0 Å². The molecule has 1 N–H and O–H groups in total. The number of aromatic nitrogens is 1. The van der Waals surface area contributed by atoms with Crippen molar-refractivity contribution < 1.29 is 5.11 Å². The Kier molecular flexibility index (Phi) is 4.47. The van der Waals surface area contributed by atoms with E-state index in [9.17, 15) is 5.11 Å². The standard InChI is InChI=1S/C16H22Cl2N2O/c1-2-16(21)5-3-4-11-8-20(10-13(11)16)9-12-14(17)6-19-7-15(12)18/h6-7,11,13,21H,2-5,8-10H2,1H3/t11-,13+,16-/m0/s1. The van der Waals surface area contributed by atoms with Crippen molar-refractivity contribution in [3.05, 3.63) is 28.0 Å². The number of aliphatic hydroxyl groups is 1. The van der Waals surface area contributed by atoms with Gasteiger partial charge in [-0.2, -0.15) is 0 Å². The number of pyridine rings is 1. The molecule has 3 atom stereocenters. The molecule has 0 bridgehead atoms. The summed E-state index contributed by atoms with van der Waals surface area (Å²) < 4.78 is 0. The SMILES string of the molecule is CC[C@]1(O)CCC[C@H]2CN(Cc3c(Cl)cncc3Cl)C[C@H]21. The van der Waals surface area contributed by atoms with E-state index in [0.29, 0.717) is 21.9 Å². The fraction of sp³-hybridized carbons (Fsp3) is 0.688. The number of rotatable bonds is 3. The van der Waals surface area contributed by atoms with Crippen molar-refractivity contribution in [2.75, 3.05) is 13.1 Å². The van der Waals surface area contributed by atoms with E-state index in [2.05, 4.69) is 16.8 Å². The van der Waals surface area contributed by atoms with E-state index in [-0.39, 0.29) is 0 Å². The zero-order valence-corrected chi connectivity index (χ0v) is 13.9. The normalized spacial score (nSPS) is 33.1. The molecule has 2 fully saturated rings. The summed E-state index contributed by atoms with van der Waals surface area (Å²) in [5.74, 6) is 0.985. The van der Waals surface area contributed by atoms with E-state index in [1.54, 1.807) is 12.4 Å². The number of halogens is 2. The molecule has 2 heterocycles. The van der Waals surface area contributed by atoms with Gasteiger partial charge in [-0.05, 0) is 25.2 Å². The Hall–Kier alpha value is -0.350. The smallest absolute Gasteiger partial charge is 0.0688 e. The fourth-order valence-electron chi connectivity index (χ4n) is 4.10. The van der Waals surface area contributed by atoms with Crippen LogP contribution in [0.15, 0.2) is 12.4 Å². The number of fused-ring (bicyclic) bond motifs is 1. The maximum absolute atomic E-state index is 10.9. The summed E-state index contributed by atoms with van der Waals surface area (Å²) in [5.41, 5.74) is 0.468. The van der Waals surface area contributed by atoms with Gasteiger partial charge in [-0.3, -0.25) is 9.88 Å². The molecule has 21 heavy (non-hydrogen) atoms. The van der Waals surface area contributed by atoms with Crippen LogP contribution in [0.1, 0.15) is 38.2 Å². The van der Waals surface area contributed by atoms with Crippen molar-refractivity contribution in [1.82, 2.24) is 9.88 Å². The molecule has 0 spiro atoms. The van der Waals surface area contributed by atoms with E-state index in [4.69, 9.17) is 23.2 Å². The summed E-state index contributed by atoms with van der Waals surface area (Å²) in [5, 5.41) is 12.1. The third-order valence-corrected chi connectivity index (χ3v) is 5.99. The second kappa shape index (κ2) is 6.04. The summed E-state index contributed by atoms with van der Waals surface area (Å²) >= 11 is 12.4. The lowest BCUT2D eigenvalue weighted by atomic mass is 9.69. The largest absolute Gasteiger partial charge is 0.390 e. The Morgan fingerprint density at radius 3 is 2.71 bits per heavy atom.